The molecule has 1 heterocycles. The normalized spacial score (nSPS) is 11.8. The third-order valence-electron chi connectivity index (χ3n) is 2.14. The van der Waals surface area contributed by atoms with Crippen molar-refractivity contribution in [2.75, 3.05) is 5.73 Å². The molecule has 0 aliphatic carbocycles. The molecule has 0 saturated heterocycles. The van der Waals surface area contributed by atoms with Crippen LogP contribution in [0.15, 0.2) is 33.3 Å². The molecule has 0 spiro atoms. The maximum absolute atomic E-state index is 12.8. The average Bonchev–Trinajstić information content (AvgIpc) is 2.59. The van der Waals surface area contributed by atoms with E-state index in [2.05, 4.69) is 21.1 Å². The lowest BCUT2D eigenvalue weighted by molar-refractivity contribution is -0.137. The van der Waals surface area contributed by atoms with E-state index in [9.17, 15) is 13.2 Å². The number of aromatic nitrogens is 1. The van der Waals surface area contributed by atoms with Crippen LogP contribution in [0.1, 0.15) is 5.56 Å². The summed E-state index contributed by atoms with van der Waals surface area (Å²) in [7, 11) is 0. The SMILES string of the molecule is Nc1noc(-c2ccccc2C(F)(F)F)c1Br. The van der Waals surface area contributed by atoms with Crippen molar-refractivity contribution in [1.82, 2.24) is 5.16 Å². The van der Waals surface area contributed by atoms with E-state index < -0.39 is 11.7 Å². The minimum Gasteiger partial charge on any atom is -0.380 e. The fourth-order valence-corrected chi connectivity index (χ4v) is 1.75. The Morgan fingerprint density at radius 3 is 2.41 bits per heavy atom. The van der Waals surface area contributed by atoms with Gasteiger partial charge in [-0.1, -0.05) is 23.4 Å². The molecule has 17 heavy (non-hydrogen) atoms. The molecule has 90 valence electrons. The van der Waals surface area contributed by atoms with Gasteiger partial charge in [0, 0.05) is 5.56 Å². The van der Waals surface area contributed by atoms with Crippen LogP contribution in [0.25, 0.3) is 11.3 Å². The topological polar surface area (TPSA) is 52.0 Å². The van der Waals surface area contributed by atoms with Crippen molar-refractivity contribution in [2.45, 2.75) is 6.18 Å². The van der Waals surface area contributed by atoms with Crippen molar-refractivity contribution >= 4 is 21.7 Å². The van der Waals surface area contributed by atoms with Crippen LogP contribution in [0.2, 0.25) is 0 Å². The number of alkyl halides is 3. The highest BCUT2D eigenvalue weighted by Gasteiger charge is 2.35. The van der Waals surface area contributed by atoms with Crippen LogP contribution in [0.4, 0.5) is 19.0 Å². The van der Waals surface area contributed by atoms with E-state index in [0.29, 0.717) is 0 Å². The lowest BCUT2D eigenvalue weighted by Crippen LogP contribution is -2.06. The van der Waals surface area contributed by atoms with Crippen LogP contribution in [0.5, 0.6) is 0 Å². The highest BCUT2D eigenvalue weighted by atomic mass is 79.9. The molecule has 0 saturated carbocycles. The van der Waals surface area contributed by atoms with E-state index in [1.54, 1.807) is 0 Å². The van der Waals surface area contributed by atoms with Gasteiger partial charge in [-0.25, -0.2) is 0 Å². The minimum atomic E-state index is -4.46. The molecule has 1 aromatic carbocycles. The Morgan fingerprint density at radius 1 is 1.24 bits per heavy atom. The molecule has 0 atom stereocenters. The number of nitrogens with zero attached hydrogens (tertiary/aromatic N) is 1. The largest absolute Gasteiger partial charge is 0.417 e. The second-order valence-corrected chi connectivity index (χ2v) is 4.05. The van der Waals surface area contributed by atoms with Gasteiger partial charge < -0.3 is 10.3 Å². The Hall–Kier alpha value is -1.50. The van der Waals surface area contributed by atoms with E-state index in [-0.39, 0.29) is 21.6 Å². The lowest BCUT2D eigenvalue weighted by Gasteiger charge is -2.10. The van der Waals surface area contributed by atoms with E-state index in [0.717, 1.165) is 6.07 Å². The molecule has 0 bridgehead atoms. The first-order chi connectivity index (χ1) is 7.91. The Morgan fingerprint density at radius 2 is 1.88 bits per heavy atom. The van der Waals surface area contributed by atoms with Crippen molar-refractivity contribution in [3.8, 4) is 11.3 Å². The Balaban J connectivity index is 2.64. The maximum atomic E-state index is 12.8. The average molecular weight is 307 g/mol. The Kier molecular flexibility index (Phi) is 2.86. The Labute approximate surface area is 103 Å². The second-order valence-electron chi connectivity index (χ2n) is 3.25. The third kappa shape index (κ3) is 2.14. The van der Waals surface area contributed by atoms with E-state index in [1.807, 2.05) is 0 Å². The number of hydrogen-bond donors (Lipinski definition) is 1. The Bertz CT molecular complexity index is 551. The van der Waals surface area contributed by atoms with E-state index in [1.165, 1.54) is 18.2 Å². The van der Waals surface area contributed by atoms with Crippen molar-refractivity contribution in [1.29, 1.82) is 0 Å². The number of anilines is 1. The van der Waals surface area contributed by atoms with Crippen LogP contribution in [-0.2, 0) is 6.18 Å². The van der Waals surface area contributed by atoms with Gasteiger partial charge in [0.1, 0.15) is 4.47 Å². The predicted molar refractivity (Wildman–Crippen MR) is 59.1 cm³/mol. The molecule has 0 fully saturated rings. The molecule has 0 unspecified atom stereocenters. The van der Waals surface area contributed by atoms with E-state index in [4.69, 9.17) is 10.3 Å². The first-order valence-electron chi connectivity index (χ1n) is 4.48. The first-order valence-corrected chi connectivity index (χ1v) is 5.28. The van der Waals surface area contributed by atoms with Gasteiger partial charge in [-0.2, -0.15) is 13.2 Å². The number of benzene rings is 1. The molecule has 2 rings (SSSR count). The van der Waals surface area contributed by atoms with Crippen LogP contribution >= 0.6 is 15.9 Å². The summed E-state index contributed by atoms with van der Waals surface area (Å²) < 4.78 is 43.3. The van der Waals surface area contributed by atoms with Crippen LogP contribution in [0.3, 0.4) is 0 Å². The fourth-order valence-electron chi connectivity index (χ4n) is 1.39. The van der Waals surface area contributed by atoms with Crippen molar-refractivity contribution in [3.05, 3.63) is 34.3 Å². The zero-order valence-corrected chi connectivity index (χ0v) is 9.84. The monoisotopic (exact) mass is 306 g/mol. The summed E-state index contributed by atoms with van der Waals surface area (Å²) in [4.78, 5) is 0. The summed E-state index contributed by atoms with van der Waals surface area (Å²) >= 11 is 3.04. The van der Waals surface area contributed by atoms with Crippen molar-refractivity contribution in [2.24, 2.45) is 0 Å². The summed E-state index contributed by atoms with van der Waals surface area (Å²) in [6, 6.07) is 5.06. The van der Waals surface area contributed by atoms with Gasteiger partial charge >= 0.3 is 6.18 Å². The minimum absolute atomic E-state index is 0.0111. The molecular formula is C10H6BrF3N2O. The quantitative estimate of drug-likeness (QED) is 0.874. The number of rotatable bonds is 1. The van der Waals surface area contributed by atoms with Gasteiger partial charge in [0.2, 0.25) is 0 Å². The first kappa shape index (κ1) is 12.0. The molecule has 2 N–H and O–H groups in total. The molecule has 0 aliphatic heterocycles. The van der Waals surface area contributed by atoms with Gasteiger partial charge in [0.25, 0.3) is 0 Å². The molecule has 0 amide bonds. The van der Waals surface area contributed by atoms with Crippen LogP contribution in [0, 0.1) is 0 Å². The van der Waals surface area contributed by atoms with Crippen molar-refractivity contribution < 1.29 is 17.7 Å². The zero-order chi connectivity index (χ0) is 12.6. The number of halogens is 4. The molecule has 0 aliphatic rings. The fraction of sp³-hybridized carbons (Fsp3) is 0.100. The molecule has 1 aromatic heterocycles. The molecule has 3 nitrogen and oxygen atoms in total. The smallest absolute Gasteiger partial charge is 0.380 e. The molecule has 0 radical (unpaired) electrons. The standard InChI is InChI=1S/C10H6BrF3N2O/c11-7-8(17-16-9(7)15)5-3-1-2-4-6(5)10(12,13)14/h1-4H,(H2,15,16). The zero-order valence-electron chi connectivity index (χ0n) is 8.25. The van der Waals surface area contributed by atoms with Gasteiger partial charge in [-0.15, -0.1) is 0 Å². The third-order valence-corrected chi connectivity index (χ3v) is 2.90. The molecule has 7 heteroatoms. The van der Waals surface area contributed by atoms with Gasteiger partial charge in [0.15, 0.2) is 11.6 Å². The van der Waals surface area contributed by atoms with Crippen LogP contribution < -0.4 is 5.73 Å². The molecular weight excluding hydrogens is 301 g/mol. The van der Waals surface area contributed by atoms with Crippen molar-refractivity contribution in [3.63, 3.8) is 0 Å². The summed E-state index contributed by atoms with van der Waals surface area (Å²) in [6.07, 6.45) is -4.46. The van der Waals surface area contributed by atoms with Gasteiger partial charge in [-0.05, 0) is 22.0 Å². The van der Waals surface area contributed by atoms with Gasteiger partial charge in [-0.3, -0.25) is 0 Å². The molecule has 2 aromatic rings. The lowest BCUT2D eigenvalue weighted by atomic mass is 10.1. The summed E-state index contributed by atoms with van der Waals surface area (Å²) in [6.45, 7) is 0. The number of nitrogen functional groups attached to an aromatic ring is 1. The second kappa shape index (κ2) is 4.06. The van der Waals surface area contributed by atoms with Gasteiger partial charge in [0.05, 0.1) is 5.56 Å². The maximum Gasteiger partial charge on any atom is 0.417 e. The highest BCUT2D eigenvalue weighted by Crippen LogP contribution is 2.40. The number of hydrogen-bond acceptors (Lipinski definition) is 3. The van der Waals surface area contributed by atoms with Crippen LogP contribution in [-0.4, -0.2) is 5.16 Å². The summed E-state index contributed by atoms with van der Waals surface area (Å²) in [5.74, 6) is -0.0209. The van der Waals surface area contributed by atoms with E-state index >= 15 is 0 Å². The summed E-state index contributed by atoms with van der Waals surface area (Å²) in [5, 5.41) is 3.40. The summed E-state index contributed by atoms with van der Waals surface area (Å²) in [5.41, 5.74) is 4.51. The highest BCUT2D eigenvalue weighted by molar-refractivity contribution is 9.10. The number of nitrogens with two attached hydrogens (primary N) is 1. The predicted octanol–water partition coefficient (Wildman–Crippen LogP) is 3.71.